The standard InChI is InChI=1S/C17H21F4N/c1-11(2)12-13(18)14(19)15(20)16(21)17(12)22-9-7-5-3-4-6-8-10-22/h3-4,11H,5-10H2,1-2H3/b4-3-. The molecule has 0 aliphatic carbocycles. The van der Waals surface area contributed by atoms with Crippen molar-refractivity contribution in [2.75, 3.05) is 18.0 Å². The topological polar surface area (TPSA) is 3.24 Å². The lowest BCUT2D eigenvalue weighted by molar-refractivity contribution is 0.401. The lowest BCUT2D eigenvalue weighted by Gasteiger charge is -2.29. The first-order valence-corrected chi connectivity index (χ1v) is 7.71. The first-order chi connectivity index (χ1) is 10.4. The van der Waals surface area contributed by atoms with Crippen molar-refractivity contribution in [1.82, 2.24) is 0 Å². The summed E-state index contributed by atoms with van der Waals surface area (Å²) in [5.74, 6) is -6.45. The highest BCUT2D eigenvalue weighted by Crippen LogP contribution is 2.36. The molecule has 0 bridgehead atoms. The van der Waals surface area contributed by atoms with Crippen molar-refractivity contribution in [3.63, 3.8) is 0 Å². The molecule has 1 nitrogen and oxygen atoms in total. The summed E-state index contributed by atoms with van der Waals surface area (Å²) < 4.78 is 55.7. The van der Waals surface area contributed by atoms with Crippen LogP contribution in [0, 0.1) is 23.3 Å². The molecule has 0 atom stereocenters. The number of halogens is 4. The summed E-state index contributed by atoms with van der Waals surface area (Å²) in [5.41, 5.74) is -0.197. The van der Waals surface area contributed by atoms with E-state index in [9.17, 15) is 17.6 Å². The normalized spacial score (nSPS) is 18.0. The van der Waals surface area contributed by atoms with Crippen molar-refractivity contribution >= 4 is 5.69 Å². The summed E-state index contributed by atoms with van der Waals surface area (Å²) in [6.45, 7) is 4.28. The second-order valence-electron chi connectivity index (χ2n) is 5.92. The molecule has 0 unspecified atom stereocenters. The molecule has 0 radical (unpaired) electrons. The number of benzene rings is 1. The lowest BCUT2D eigenvalue weighted by Crippen LogP contribution is -2.29. The SMILES string of the molecule is CC(C)c1c(F)c(F)c(F)c(F)c1N1CCC/C=C\CCC1. The number of anilines is 1. The summed E-state index contributed by atoms with van der Waals surface area (Å²) in [6.07, 6.45) is 7.31. The highest BCUT2D eigenvalue weighted by atomic mass is 19.2. The second-order valence-corrected chi connectivity index (χ2v) is 5.92. The minimum Gasteiger partial charge on any atom is -0.369 e. The fraction of sp³-hybridized carbons (Fsp3) is 0.529. The van der Waals surface area contributed by atoms with Gasteiger partial charge in [-0.25, -0.2) is 17.6 Å². The zero-order chi connectivity index (χ0) is 16.3. The van der Waals surface area contributed by atoms with Crippen molar-refractivity contribution in [2.45, 2.75) is 45.4 Å². The lowest BCUT2D eigenvalue weighted by atomic mass is 9.98. The molecule has 0 fully saturated rings. The fourth-order valence-corrected chi connectivity index (χ4v) is 2.84. The van der Waals surface area contributed by atoms with Crippen LogP contribution in [0.2, 0.25) is 0 Å². The average molecular weight is 315 g/mol. The van der Waals surface area contributed by atoms with Crippen LogP contribution >= 0.6 is 0 Å². The first-order valence-electron chi connectivity index (χ1n) is 7.71. The van der Waals surface area contributed by atoms with E-state index in [-0.39, 0.29) is 11.3 Å². The van der Waals surface area contributed by atoms with Gasteiger partial charge >= 0.3 is 0 Å². The molecule has 0 N–H and O–H groups in total. The molecule has 0 amide bonds. The molecule has 22 heavy (non-hydrogen) atoms. The van der Waals surface area contributed by atoms with E-state index in [0.717, 1.165) is 25.7 Å². The highest BCUT2D eigenvalue weighted by Gasteiger charge is 2.29. The summed E-state index contributed by atoms with van der Waals surface area (Å²) in [6, 6.07) is 0. The Kier molecular flexibility index (Phi) is 5.48. The molecule has 5 heteroatoms. The van der Waals surface area contributed by atoms with Gasteiger partial charge in [-0.05, 0) is 31.6 Å². The molecule has 1 aromatic rings. The van der Waals surface area contributed by atoms with Crippen LogP contribution in [-0.2, 0) is 0 Å². The van der Waals surface area contributed by atoms with E-state index in [1.54, 1.807) is 18.7 Å². The Balaban J connectivity index is 2.52. The molecule has 1 heterocycles. The minimum absolute atomic E-state index is 0.0800. The van der Waals surface area contributed by atoms with Gasteiger partial charge in [0.1, 0.15) is 0 Å². The molecule has 0 saturated heterocycles. The summed E-state index contributed by atoms with van der Waals surface area (Å²) in [5, 5.41) is 0. The zero-order valence-electron chi connectivity index (χ0n) is 12.9. The van der Waals surface area contributed by atoms with Gasteiger partial charge < -0.3 is 4.90 Å². The maximum atomic E-state index is 14.3. The molecule has 1 aliphatic heterocycles. The first kappa shape index (κ1) is 16.8. The van der Waals surface area contributed by atoms with Gasteiger partial charge in [-0.2, -0.15) is 0 Å². The highest BCUT2D eigenvalue weighted by molar-refractivity contribution is 5.57. The molecule has 0 spiro atoms. The Morgan fingerprint density at radius 3 is 1.82 bits per heavy atom. The quantitative estimate of drug-likeness (QED) is 0.310. The van der Waals surface area contributed by atoms with Gasteiger partial charge in [-0.3, -0.25) is 0 Å². The van der Waals surface area contributed by atoms with E-state index in [4.69, 9.17) is 0 Å². The van der Waals surface area contributed by atoms with E-state index in [2.05, 4.69) is 12.2 Å². The zero-order valence-corrected chi connectivity index (χ0v) is 12.9. The Bertz CT molecular complexity index is 555. The second kappa shape index (κ2) is 7.16. The van der Waals surface area contributed by atoms with E-state index in [1.165, 1.54) is 0 Å². The van der Waals surface area contributed by atoms with Crippen LogP contribution in [0.1, 0.15) is 51.0 Å². The van der Waals surface area contributed by atoms with Crippen molar-refractivity contribution < 1.29 is 17.6 Å². The summed E-state index contributed by atoms with van der Waals surface area (Å²) in [7, 11) is 0. The van der Waals surface area contributed by atoms with Gasteiger partial charge in [0.25, 0.3) is 0 Å². The minimum atomic E-state index is -1.73. The molecule has 1 aromatic carbocycles. The van der Waals surface area contributed by atoms with Crippen LogP contribution in [-0.4, -0.2) is 13.1 Å². The average Bonchev–Trinajstić information content (AvgIpc) is 2.61. The number of nitrogens with zero attached hydrogens (tertiary/aromatic N) is 1. The van der Waals surface area contributed by atoms with E-state index in [0.29, 0.717) is 13.1 Å². The Labute approximate surface area is 128 Å². The summed E-state index contributed by atoms with van der Waals surface area (Å²) >= 11 is 0. The molecule has 2 rings (SSSR count). The molecule has 0 aromatic heterocycles. The van der Waals surface area contributed by atoms with E-state index < -0.39 is 29.2 Å². The van der Waals surface area contributed by atoms with Crippen molar-refractivity contribution in [3.05, 3.63) is 41.0 Å². The van der Waals surface area contributed by atoms with E-state index in [1.807, 2.05) is 0 Å². The monoisotopic (exact) mass is 315 g/mol. The van der Waals surface area contributed by atoms with Crippen LogP contribution in [0.4, 0.5) is 23.2 Å². The van der Waals surface area contributed by atoms with Crippen molar-refractivity contribution in [3.8, 4) is 0 Å². The van der Waals surface area contributed by atoms with Gasteiger partial charge in [-0.1, -0.05) is 26.0 Å². The van der Waals surface area contributed by atoms with Gasteiger partial charge in [0.2, 0.25) is 0 Å². The maximum Gasteiger partial charge on any atom is 0.199 e. The van der Waals surface area contributed by atoms with Gasteiger partial charge in [0, 0.05) is 18.7 Å². The number of allylic oxidation sites excluding steroid dienone is 2. The maximum absolute atomic E-state index is 14.3. The molecule has 1 aliphatic rings. The molecular formula is C17H21F4N. The fourth-order valence-electron chi connectivity index (χ4n) is 2.84. The van der Waals surface area contributed by atoms with Gasteiger partial charge in [0.05, 0.1) is 5.69 Å². The molecular weight excluding hydrogens is 294 g/mol. The van der Waals surface area contributed by atoms with Gasteiger partial charge in [0.15, 0.2) is 23.3 Å². The predicted molar refractivity (Wildman–Crippen MR) is 80.2 cm³/mol. The largest absolute Gasteiger partial charge is 0.369 e. The third-order valence-electron chi connectivity index (χ3n) is 3.94. The Morgan fingerprint density at radius 2 is 1.32 bits per heavy atom. The third kappa shape index (κ3) is 3.28. The third-order valence-corrected chi connectivity index (χ3v) is 3.94. The smallest absolute Gasteiger partial charge is 0.199 e. The Hall–Kier alpha value is -1.52. The number of rotatable bonds is 2. The predicted octanol–water partition coefficient (Wildman–Crippen LogP) is 5.30. The van der Waals surface area contributed by atoms with Crippen LogP contribution in [0.5, 0.6) is 0 Å². The van der Waals surface area contributed by atoms with Crippen molar-refractivity contribution in [1.29, 1.82) is 0 Å². The van der Waals surface area contributed by atoms with Crippen LogP contribution in [0.3, 0.4) is 0 Å². The van der Waals surface area contributed by atoms with Crippen LogP contribution in [0.15, 0.2) is 12.2 Å². The van der Waals surface area contributed by atoms with Crippen molar-refractivity contribution in [2.24, 2.45) is 0 Å². The van der Waals surface area contributed by atoms with E-state index >= 15 is 0 Å². The van der Waals surface area contributed by atoms with Gasteiger partial charge in [-0.15, -0.1) is 0 Å². The molecule has 0 saturated carbocycles. The van der Waals surface area contributed by atoms with Crippen LogP contribution in [0.25, 0.3) is 0 Å². The number of hydrogen-bond acceptors (Lipinski definition) is 1. The molecule has 122 valence electrons. The number of hydrogen-bond donors (Lipinski definition) is 0. The summed E-state index contributed by atoms with van der Waals surface area (Å²) in [4.78, 5) is 1.66. The Morgan fingerprint density at radius 1 is 0.818 bits per heavy atom. The van der Waals surface area contributed by atoms with Crippen LogP contribution < -0.4 is 4.90 Å².